The van der Waals surface area contributed by atoms with Gasteiger partial charge in [-0.25, -0.2) is 4.98 Å². The summed E-state index contributed by atoms with van der Waals surface area (Å²) in [5.74, 6) is 0.454. The largest absolute Gasteiger partial charge is 0.383 e. The molecule has 0 fully saturated rings. The lowest BCUT2D eigenvalue weighted by Gasteiger charge is -2.08. The molecule has 0 spiro atoms. The van der Waals surface area contributed by atoms with Crippen molar-refractivity contribution in [3.8, 4) is 12.1 Å². The van der Waals surface area contributed by atoms with Crippen molar-refractivity contribution in [1.29, 1.82) is 10.5 Å². The Balaban J connectivity index is 2.43. The van der Waals surface area contributed by atoms with Crippen LogP contribution in [0.3, 0.4) is 0 Å². The van der Waals surface area contributed by atoms with Crippen LogP contribution in [0.2, 0.25) is 0 Å². The highest BCUT2D eigenvalue weighted by atomic mass is 15.0. The van der Waals surface area contributed by atoms with E-state index in [4.69, 9.17) is 16.3 Å². The maximum Gasteiger partial charge on any atom is 0.150 e. The van der Waals surface area contributed by atoms with E-state index in [1.54, 1.807) is 0 Å². The molecule has 0 unspecified atom stereocenters. The standard InChI is InChI=1S/C13H9N5/c14-7-9-6-10(8-15)13(18-12(9)16)17-11-4-2-1-3-5-11/h1-6H,(H3,16,17,18). The van der Waals surface area contributed by atoms with Crippen LogP contribution in [-0.4, -0.2) is 4.98 Å². The summed E-state index contributed by atoms with van der Waals surface area (Å²) in [6.07, 6.45) is 0. The Morgan fingerprint density at radius 2 is 1.72 bits per heavy atom. The van der Waals surface area contributed by atoms with E-state index in [2.05, 4.69) is 10.3 Å². The quantitative estimate of drug-likeness (QED) is 0.830. The van der Waals surface area contributed by atoms with Crippen molar-refractivity contribution >= 4 is 17.3 Å². The van der Waals surface area contributed by atoms with Crippen LogP contribution in [0.15, 0.2) is 36.4 Å². The second kappa shape index (κ2) is 4.86. The van der Waals surface area contributed by atoms with Gasteiger partial charge in [0, 0.05) is 5.69 Å². The number of hydrogen-bond donors (Lipinski definition) is 2. The number of hydrogen-bond acceptors (Lipinski definition) is 5. The number of nitrogens with zero attached hydrogens (tertiary/aromatic N) is 3. The van der Waals surface area contributed by atoms with Crippen LogP contribution in [-0.2, 0) is 0 Å². The van der Waals surface area contributed by atoms with Gasteiger partial charge in [-0.15, -0.1) is 0 Å². The van der Waals surface area contributed by atoms with E-state index >= 15 is 0 Å². The Kier molecular flexibility index (Phi) is 3.08. The van der Waals surface area contributed by atoms with E-state index in [9.17, 15) is 0 Å². The lowest BCUT2D eigenvalue weighted by molar-refractivity contribution is 1.27. The fraction of sp³-hybridized carbons (Fsp3) is 0. The predicted molar refractivity (Wildman–Crippen MR) is 67.8 cm³/mol. The molecule has 5 nitrogen and oxygen atoms in total. The van der Waals surface area contributed by atoms with Crippen molar-refractivity contribution in [3.05, 3.63) is 47.5 Å². The minimum absolute atomic E-state index is 0.106. The van der Waals surface area contributed by atoms with E-state index in [0.29, 0.717) is 5.82 Å². The smallest absolute Gasteiger partial charge is 0.150 e. The number of nitrogens with one attached hydrogen (secondary N) is 1. The first kappa shape index (κ1) is 11.4. The second-order valence-electron chi connectivity index (χ2n) is 3.53. The van der Waals surface area contributed by atoms with Crippen molar-refractivity contribution in [2.24, 2.45) is 0 Å². The topological polar surface area (TPSA) is 98.5 Å². The number of para-hydroxylation sites is 1. The highest BCUT2D eigenvalue weighted by Crippen LogP contribution is 2.21. The normalized spacial score (nSPS) is 9.22. The molecule has 0 saturated heterocycles. The molecule has 0 aliphatic carbocycles. The first-order valence-corrected chi connectivity index (χ1v) is 5.17. The summed E-state index contributed by atoms with van der Waals surface area (Å²) in [6.45, 7) is 0. The number of pyridine rings is 1. The minimum Gasteiger partial charge on any atom is -0.383 e. The maximum atomic E-state index is 9.03. The average molecular weight is 235 g/mol. The van der Waals surface area contributed by atoms with Crippen LogP contribution in [0.5, 0.6) is 0 Å². The zero-order chi connectivity index (χ0) is 13.0. The van der Waals surface area contributed by atoms with Crippen LogP contribution >= 0.6 is 0 Å². The third kappa shape index (κ3) is 2.21. The highest BCUT2D eigenvalue weighted by molar-refractivity contribution is 5.67. The number of rotatable bonds is 2. The Bertz CT molecular complexity index is 650. The van der Waals surface area contributed by atoms with Crippen molar-refractivity contribution in [2.45, 2.75) is 0 Å². The summed E-state index contributed by atoms with van der Waals surface area (Å²) in [5, 5.41) is 20.8. The third-order valence-electron chi connectivity index (χ3n) is 2.33. The van der Waals surface area contributed by atoms with Gasteiger partial charge in [0.25, 0.3) is 0 Å². The fourth-order valence-electron chi connectivity index (χ4n) is 1.46. The summed E-state index contributed by atoms with van der Waals surface area (Å²) in [5.41, 5.74) is 6.90. The summed E-state index contributed by atoms with van der Waals surface area (Å²) < 4.78 is 0. The predicted octanol–water partition coefficient (Wildman–Crippen LogP) is 2.15. The lowest BCUT2D eigenvalue weighted by Crippen LogP contribution is -2.02. The number of aromatic nitrogens is 1. The van der Waals surface area contributed by atoms with E-state index in [-0.39, 0.29) is 16.9 Å². The van der Waals surface area contributed by atoms with Gasteiger partial charge in [-0.2, -0.15) is 10.5 Å². The van der Waals surface area contributed by atoms with E-state index in [1.807, 2.05) is 42.5 Å². The molecule has 0 aliphatic rings. The van der Waals surface area contributed by atoms with Gasteiger partial charge in [0.2, 0.25) is 0 Å². The molecule has 0 atom stereocenters. The van der Waals surface area contributed by atoms with Crippen LogP contribution < -0.4 is 11.1 Å². The fourth-order valence-corrected chi connectivity index (χ4v) is 1.46. The zero-order valence-corrected chi connectivity index (χ0v) is 9.38. The number of nitrogen functional groups attached to an aromatic ring is 1. The van der Waals surface area contributed by atoms with Crippen molar-refractivity contribution in [2.75, 3.05) is 11.1 Å². The third-order valence-corrected chi connectivity index (χ3v) is 2.33. The van der Waals surface area contributed by atoms with Crippen LogP contribution in [0.4, 0.5) is 17.3 Å². The van der Waals surface area contributed by atoms with Gasteiger partial charge in [0.1, 0.15) is 18.0 Å². The molecule has 3 N–H and O–H groups in total. The highest BCUT2D eigenvalue weighted by Gasteiger charge is 2.09. The molecule has 86 valence electrons. The zero-order valence-electron chi connectivity index (χ0n) is 9.38. The number of benzene rings is 1. The molecule has 1 heterocycles. The van der Waals surface area contributed by atoms with E-state index < -0.39 is 0 Å². The Hall–Kier alpha value is -3.05. The molecule has 0 aliphatic heterocycles. The molecule has 18 heavy (non-hydrogen) atoms. The molecular weight excluding hydrogens is 226 g/mol. The van der Waals surface area contributed by atoms with E-state index in [1.165, 1.54) is 6.07 Å². The first-order valence-electron chi connectivity index (χ1n) is 5.17. The van der Waals surface area contributed by atoms with E-state index in [0.717, 1.165) is 5.69 Å². The number of nitrogens with two attached hydrogens (primary N) is 1. The van der Waals surface area contributed by atoms with Crippen molar-refractivity contribution in [1.82, 2.24) is 4.98 Å². The van der Waals surface area contributed by atoms with Crippen LogP contribution in [0, 0.1) is 22.7 Å². The molecule has 1 aromatic heterocycles. The molecule has 0 radical (unpaired) electrons. The summed E-state index contributed by atoms with van der Waals surface area (Å²) in [7, 11) is 0. The van der Waals surface area contributed by atoms with Gasteiger partial charge in [-0.1, -0.05) is 18.2 Å². The van der Waals surface area contributed by atoms with Gasteiger partial charge < -0.3 is 11.1 Å². The molecule has 1 aromatic carbocycles. The molecule has 2 rings (SSSR count). The summed E-state index contributed by atoms with van der Waals surface area (Å²) in [4.78, 5) is 4.03. The van der Waals surface area contributed by atoms with Gasteiger partial charge in [-0.05, 0) is 18.2 Å². The Labute approximate surface area is 104 Å². The lowest BCUT2D eigenvalue weighted by atomic mass is 10.2. The molecule has 2 aromatic rings. The molecule has 5 heteroatoms. The molecule has 0 amide bonds. The second-order valence-corrected chi connectivity index (χ2v) is 3.53. The van der Waals surface area contributed by atoms with Gasteiger partial charge in [0.05, 0.1) is 11.1 Å². The monoisotopic (exact) mass is 235 g/mol. The first-order chi connectivity index (χ1) is 8.74. The van der Waals surface area contributed by atoms with Gasteiger partial charge in [-0.3, -0.25) is 0 Å². The molecule has 0 saturated carbocycles. The SMILES string of the molecule is N#Cc1cc(C#N)c(Nc2ccccc2)nc1N. The summed E-state index contributed by atoms with van der Waals surface area (Å²) >= 11 is 0. The van der Waals surface area contributed by atoms with Gasteiger partial charge >= 0.3 is 0 Å². The number of nitriles is 2. The number of anilines is 3. The molecule has 0 bridgehead atoms. The summed E-state index contributed by atoms with van der Waals surface area (Å²) in [6, 6.07) is 14.6. The average Bonchev–Trinajstić information content (AvgIpc) is 2.40. The van der Waals surface area contributed by atoms with Crippen molar-refractivity contribution < 1.29 is 0 Å². The Morgan fingerprint density at radius 3 is 2.33 bits per heavy atom. The minimum atomic E-state index is 0.106. The Morgan fingerprint density at radius 1 is 1.06 bits per heavy atom. The van der Waals surface area contributed by atoms with Gasteiger partial charge in [0.15, 0.2) is 5.82 Å². The van der Waals surface area contributed by atoms with Crippen LogP contribution in [0.25, 0.3) is 0 Å². The van der Waals surface area contributed by atoms with Crippen LogP contribution in [0.1, 0.15) is 11.1 Å². The maximum absolute atomic E-state index is 9.03. The molecular formula is C13H9N5. The van der Waals surface area contributed by atoms with Crippen molar-refractivity contribution in [3.63, 3.8) is 0 Å².